The Morgan fingerprint density at radius 3 is 2.40 bits per heavy atom. The number of thiophene rings is 1. The number of anilines is 2. The van der Waals surface area contributed by atoms with Gasteiger partial charge < -0.3 is 9.64 Å². The van der Waals surface area contributed by atoms with Crippen molar-refractivity contribution >= 4 is 32.7 Å². The molecule has 5 nitrogen and oxygen atoms in total. The number of methoxy groups -OCH3 is 1. The van der Waals surface area contributed by atoms with E-state index in [0.29, 0.717) is 16.0 Å². The Hall–Kier alpha value is -1.57. The van der Waals surface area contributed by atoms with Gasteiger partial charge in [-0.3, -0.25) is 4.72 Å². The maximum atomic E-state index is 12.5. The van der Waals surface area contributed by atoms with E-state index in [4.69, 9.17) is 4.74 Å². The molecule has 0 bridgehead atoms. The van der Waals surface area contributed by atoms with Gasteiger partial charge in [0.2, 0.25) is 0 Å². The van der Waals surface area contributed by atoms with Crippen LogP contribution in [-0.4, -0.2) is 34.7 Å². The van der Waals surface area contributed by atoms with Gasteiger partial charge in [-0.05, 0) is 55.7 Å². The molecule has 0 radical (unpaired) electrons. The molecular formula is C18H24N2O3S2. The maximum absolute atomic E-state index is 12.5. The predicted octanol–water partition coefficient (Wildman–Crippen LogP) is 3.73. The molecule has 136 valence electrons. The number of hydrogen-bond acceptors (Lipinski definition) is 5. The first-order valence-corrected chi connectivity index (χ1v) is 10.8. The Labute approximate surface area is 153 Å². The molecule has 1 fully saturated rings. The summed E-state index contributed by atoms with van der Waals surface area (Å²) in [7, 11) is -1.75. The van der Waals surface area contributed by atoms with E-state index < -0.39 is 10.0 Å². The first-order chi connectivity index (χ1) is 12.0. The van der Waals surface area contributed by atoms with E-state index in [1.807, 2.05) is 37.3 Å². The van der Waals surface area contributed by atoms with Gasteiger partial charge >= 0.3 is 0 Å². The monoisotopic (exact) mass is 380 g/mol. The lowest BCUT2D eigenvalue weighted by Crippen LogP contribution is -2.36. The fourth-order valence-corrected chi connectivity index (χ4v) is 5.34. The standard InChI is InChI=1S/C18H24N2O3S2/c1-3-17-8-9-18(24-17)25(21,22)19-14-4-6-15(7-5-14)20-12-10-16(23-2)11-13-20/h4-9,16,19H,3,10-13H2,1-2H3. The Morgan fingerprint density at radius 2 is 1.84 bits per heavy atom. The Kier molecular flexibility index (Phi) is 5.66. The summed E-state index contributed by atoms with van der Waals surface area (Å²) >= 11 is 1.32. The summed E-state index contributed by atoms with van der Waals surface area (Å²) in [5.41, 5.74) is 1.70. The van der Waals surface area contributed by atoms with Crippen LogP contribution in [0.25, 0.3) is 0 Å². The van der Waals surface area contributed by atoms with Gasteiger partial charge in [0.25, 0.3) is 10.0 Å². The second-order valence-electron chi connectivity index (χ2n) is 6.15. The molecule has 0 unspecified atom stereocenters. The summed E-state index contributed by atoms with van der Waals surface area (Å²) in [4.78, 5) is 3.37. The molecule has 0 spiro atoms. The van der Waals surface area contributed by atoms with E-state index in [2.05, 4.69) is 9.62 Å². The van der Waals surface area contributed by atoms with Crippen LogP contribution in [0.5, 0.6) is 0 Å². The summed E-state index contributed by atoms with van der Waals surface area (Å²) < 4.78 is 33.3. The van der Waals surface area contributed by atoms with Gasteiger partial charge in [-0.2, -0.15) is 0 Å². The predicted molar refractivity (Wildman–Crippen MR) is 103 cm³/mol. The van der Waals surface area contributed by atoms with E-state index in [-0.39, 0.29) is 0 Å². The quantitative estimate of drug-likeness (QED) is 0.830. The normalized spacial score (nSPS) is 16.2. The molecule has 1 aromatic carbocycles. The summed E-state index contributed by atoms with van der Waals surface area (Å²) in [5, 5.41) is 0. The molecule has 2 aromatic rings. The molecule has 1 aromatic heterocycles. The van der Waals surface area contributed by atoms with Crippen molar-refractivity contribution in [1.82, 2.24) is 0 Å². The second kappa shape index (κ2) is 7.76. The van der Waals surface area contributed by atoms with Crippen LogP contribution < -0.4 is 9.62 Å². The largest absolute Gasteiger partial charge is 0.381 e. The zero-order chi connectivity index (χ0) is 17.9. The Balaban J connectivity index is 1.66. The molecule has 0 amide bonds. The topological polar surface area (TPSA) is 58.6 Å². The van der Waals surface area contributed by atoms with E-state index in [9.17, 15) is 8.42 Å². The lowest BCUT2D eigenvalue weighted by Gasteiger charge is -2.33. The Bertz CT molecular complexity index is 792. The highest BCUT2D eigenvalue weighted by Crippen LogP contribution is 2.26. The van der Waals surface area contributed by atoms with Crippen LogP contribution in [0.3, 0.4) is 0 Å². The van der Waals surface area contributed by atoms with Crippen LogP contribution in [0.2, 0.25) is 0 Å². The van der Waals surface area contributed by atoms with Gasteiger partial charge in [0.05, 0.1) is 6.10 Å². The molecule has 1 aliphatic heterocycles. The van der Waals surface area contributed by atoms with Gasteiger partial charge in [0, 0.05) is 36.5 Å². The van der Waals surface area contributed by atoms with Crippen LogP contribution in [0, 0.1) is 0 Å². The number of aryl methyl sites for hydroxylation is 1. The number of nitrogens with zero attached hydrogens (tertiary/aromatic N) is 1. The van der Waals surface area contributed by atoms with E-state index in [0.717, 1.165) is 42.9 Å². The van der Waals surface area contributed by atoms with Crippen molar-refractivity contribution in [3.63, 3.8) is 0 Å². The van der Waals surface area contributed by atoms with Crippen molar-refractivity contribution < 1.29 is 13.2 Å². The summed E-state index contributed by atoms with van der Waals surface area (Å²) in [6, 6.07) is 11.1. The van der Waals surface area contributed by atoms with Crippen LogP contribution in [0.4, 0.5) is 11.4 Å². The zero-order valence-corrected chi connectivity index (χ0v) is 16.2. The average molecular weight is 381 g/mol. The van der Waals surface area contributed by atoms with Gasteiger partial charge in [0.1, 0.15) is 4.21 Å². The summed E-state index contributed by atoms with van der Waals surface area (Å²) in [5.74, 6) is 0. The summed E-state index contributed by atoms with van der Waals surface area (Å²) in [6.45, 7) is 3.93. The molecule has 7 heteroatoms. The van der Waals surface area contributed by atoms with Gasteiger partial charge in [-0.1, -0.05) is 6.92 Å². The third-order valence-electron chi connectivity index (χ3n) is 4.51. The van der Waals surface area contributed by atoms with Crippen molar-refractivity contribution in [3.05, 3.63) is 41.3 Å². The molecular weight excluding hydrogens is 356 g/mol. The second-order valence-corrected chi connectivity index (χ2v) is 9.23. The molecule has 1 saturated heterocycles. The fourth-order valence-electron chi connectivity index (χ4n) is 2.99. The molecule has 1 N–H and O–H groups in total. The van der Waals surface area contributed by atoms with Crippen LogP contribution in [-0.2, 0) is 21.2 Å². The minimum Gasteiger partial charge on any atom is -0.381 e. The van der Waals surface area contributed by atoms with Crippen molar-refractivity contribution in [1.29, 1.82) is 0 Å². The highest BCUT2D eigenvalue weighted by atomic mass is 32.2. The number of nitrogens with one attached hydrogen (secondary N) is 1. The highest BCUT2D eigenvalue weighted by Gasteiger charge is 2.20. The van der Waals surface area contributed by atoms with Crippen molar-refractivity contribution in [2.24, 2.45) is 0 Å². The van der Waals surface area contributed by atoms with Gasteiger partial charge in [-0.25, -0.2) is 8.42 Å². The third-order valence-corrected chi connectivity index (χ3v) is 7.61. The number of sulfonamides is 1. The lowest BCUT2D eigenvalue weighted by molar-refractivity contribution is 0.0819. The molecule has 0 atom stereocenters. The number of piperidine rings is 1. The molecule has 0 aliphatic carbocycles. The Morgan fingerprint density at radius 1 is 1.16 bits per heavy atom. The lowest BCUT2D eigenvalue weighted by atomic mass is 10.1. The first-order valence-electron chi connectivity index (χ1n) is 8.51. The molecule has 0 saturated carbocycles. The van der Waals surface area contributed by atoms with Crippen molar-refractivity contribution in [2.75, 3.05) is 29.8 Å². The SMILES string of the molecule is CCc1ccc(S(=O)(=O)Nc2ccc(N3CCC(OC)CC3)cc2)s1. The smallest absolute Gasteiger partial charge is 0.271 e. The van der Waals surface area contributed by atoms with Crippen LogP contribution in [0.15, 0.2) is 40.6 Å². The van der Waals surface area contributed by atoms with Crippen LogP contribution in [0.1, 0.15) is 24.6 Å². The number of benzene rings is 1. The molecule has 1 aliphatic rings. The maximum Gasteiger partial charge on any atom is 0.271 e. The van der Waals surface area contributed by atoms with Gasteiger partial charge in [0.15, 0.2) is 0 Å². The number of ether oxygens (including phenoxy) is 1. The zero-order valence-electron chi connectivity index (χ0n) is 14.6. The number of hydrogen-bond donors (Lipinski definition) is 1. The fraction of sp³-hybridized carbons (Fsp3) is 0.444. The number of rotatable bonds is 6. The van der Waals surface area contributed by atoms with Crippen molar-refractivity contribution in [3.8, 4) is 0 Å². The first kappa shape index (κ1) is 18.2. The highest BCUT2D eigenvalue weighted by molar-refractivity contribution is 7.94. The third kappa shape index (κ3) is 4.34. The van der Waals surface area contributed by atoms with E-state index >= 15 is 0 Å². The molecule has 3 rings (SSSR count). The van der Waals surface area contributed by atoms with E-state index in [1.54, 1.807) is 13.2 Å². The van der Waals surface area contributed by atoms with Crippen molar-refractivity contribution in [2.45, 2.75) is 36.5 Å². The molecule has 2 heterocycles. The molecule has 25 heavy (non-hydrogen) atoms. The van der Waals surface area contributed by atoms with E-state index in [1.165, 1.54) is 11.3 Å². The van der Waals surface area contributed by atoms with Gasteiger partial charge in [-0.15, -0.1) is 11.3 Å². The minimum absolute atomic E-state index is 0.348. The van der Waals surface area contributed by atoms with Crippen LogP contribution >= 0.6 is 11.3 Å². The average Bonchev–Trinajstić information content (AvgIpc) is 3.12. The minimum atomic E-state index is -3.51. The summed E-state index contributed by atoms with van der Waals surface area (Å²) in [6.07, 6.45) is 3.22.